The van der Waals surface area contributed by atoms with Crippen molar-refractivity contribution in [3.63, 3.8) is 0 Å². The minimum atomic E-state index is 0.0785. The van der Waals surface area contributed by atoms with Crippen LogP contribution in [0.25, 0.3) is 0 Å². The third-order valence-electron chi connectivity index (χ3n) is 1.92. The predicted octanol–water partition coefficient (Wildman–Crippen LogP) is 3.42. The molecule has 1 nitrogen and oxygen atoms in total. The molecule has 0 atom stereocenters. The lowest BCUT2D eigenvalue weighted by Gasteiger charge is -2.04. The van der Waals surface area contributed by atoms with E-state index in [1.165, 1.54) is 5.56 Å². The molecule has 13 heavy (non-hydrogen) atoms. The molecule has 1 rings (SSSR count). The maximum absolute atomic E-state index is 11.5. The average Bonchev–Trinajstić information content (AvgIpc) is 2.17. The van der Waals surface area contributed by atoms with E-state index in [-0.39, 0.29) is 11.7 Å². The average molecular weight is 241 g/mol. The molecule has 0 spiro atoms. The molecule has 70 valence electrons. The van der Waals surface area contributed by atoms with E-state index in [2.05, 4.69) is 15.9 Å². The smallest absolute Gasteiger partial charge is 0.165 e. The van der Waals surface area contributed by atoms with Crippen LogP contribution in [-0.4, -0.2) is 5.78 Å². The Labute approximate surface area is 87.3 Å². The molecule has 0 aliphatic carbocycles. The highest BCUT2D eigenvalue weighted by molar-refractivity contribution is 9.08. The van der Waals surface area contributed by atoms with E-state index in [0.29, 0.717) is 0 Å². The van der Waals surface area contributed by atoms with Crippen LogP contribution in [0.5, 0.6) is 0 Å². The van der Waals surface area contributed by atoms with E-state index in [9.17, 15) is 4.79 Å². The van der Waals surface area contributed by atoms with Gasteiger partial charge in [0.15, 0.2) is 5.78 Å². The Bertz CT molecular complexity index is 287. The number of carbonyl (C=O) groups excluding carboxylic acids is 1. The molecule has 0 unspecified atom stereocenters. The monoisotopic (exact) mass is 240 g/mol. The van der Waals surface area contributed by atoms with Gasteiger partial charge < -0.3 is 0 Å². The number of rotatable bonds is 3. The lowest BCUT2D eigenvalue weighted by Crippen LogP contribution is -2.06. The van der Waals surface area contributed by atoms with Crippen LogP contribution in [0.4, 0.5) is 0 Å². The van der Waals surface area contributed by atoms with E-state index in [0.717, 1.165) is 10.9 Å². The van der Waals surface area contributed by atoms with E-state index in [1.807, 2.05) is 38.1 Å². The molecule has 0 heterocycles. The van der Waals surface area contributed by atoms with Crippen molar-refractivity contribution in [3.05, 3.63) is 35.4 Å². The second-order valence-electron chi connectivity index (χ2n) is 3.35. The normalized spacial score (nSPS) is 10.5. The van der Waals surface area contributed by atoms with Gasteiger partial charge in [0.05, 0.1) is 0 Å². The zero-order valence-electron chi connectivity index (χ0n) is 7.88. The molecule has 0 fully saturated rings. The van der Waals surface area contributed by atoms with Crippen molar-refractivity contribution in [1.29, 1.82) is 0 Å². The zero-order valence-corrected chi connectivity index (χ0v) is 9.47. The van der Waals surface area contributed by atoms with Crippen molar-refractivity contribution in [2.24, 2.45) is 5.92 Å². The van der Waals surface area contributed by atoms with Gasteiger partial charge in [0.25, 0.3) is 0 Å². The van der Waals surface area contributed by atoms with E-state index < -0.39 is 0 Å². The lowest BCUT2D eigenvalue weighted by molar-refractivity contribution is 0.0939. The summed E-state index contributed by atoms with van der Waals surface area (Å²) in [6, 6.07) is 7.73. The van der Waals surface area contributed by atoms with Crippen LogP contribution in [0.15, 0.2) is 24.3 Å². The van der Waals surface area contributed by atoms with Gasteiger partial charge in [-0.2, -0.15) is 0 Å². The number of halogens is 1. The third-order valence-corrected chi connectivity index (χ3v) is 2.56. The summed E-state index contributed by atoms with van der Waals surface area (Å²) in [5.41, 5.74) is 2.00. The topological polar surface area (TPSA) is 17.1 Å². The van der Waals surface area contributed by atoms with E-state index in [1.54, 1.807) is 0 Å². The molecule has 0 saturated carbocycles. The fraction of sp³-hybridized carbons (Fsp3) is 0.364. The van der Waals surface area contributed by atoms with Gasteiger partial charge in [-0.1, -0.05) is 54.0 Å². The Morgan fingerprint density at radius 2 is 1.85 bits per heavy atom. The Morgan fingerprint density at radius 1 is 1.31 bits per heavy atom. The summed E-state index contributed by atoms with van der Waals surface area (Å²) in [4.78, 5) is 11.5. The highest BCUT2D eigenvalue weighted by Crippen LogP contribution is 2.11. The summed E-state index contributed by atoms with van der Waals surface area (Å²) in [5, 5.41) is 0.836. The molecule has 0 aliphatic rings. The molecule has 0 saturated heterocycles. The van der Waals surface area contributed by atoms with Crippen LogP contribution in [0.2, 0.25) is 0 Å². The van der Waals surface area contributed by atoms with Crippen molar-refractivity contribution in [2.75, 3.05) is 0 Å². The quantitative estimate of drug-likeness (QED) is 0.585. The largest absolute Gasteiger partial charge is 0.294 e. The van der Waals surface area contributed by atoms with Gasteiger partial charge >= 0.3 is 0 Å². The second kappa shape index (κ2) is 4.56. The summed E-state index contributed by atoms with van der Waals surface area (Å²) < 4.78 is 0. The summed E-state index contributed by atoms with van der Waals surface area (Å²) in [6.07, 6.45) is 0. The molecule has 2 heteroatoms. The van der Waals surface area contributed by atoms with E-state index in [4.69, 9.17) is 0 Å². The number of ketones is 1. The van der Waals surface area contributed by atoms with Gasteiger partial charge in [-0.25, -0.2) is 0 Å². The highest BCUT2D eigenvalue weighted by Gasteiger charge is 2.09. The Balaban J connectivity index is 2.86. The molecular weight excluding hydrogens is 228 g/mol. The molecule has 0 aromatic heterocycles. The lowest BCUT2D eigenvalue weighted by atomic mass is 10.0. The summed E-state index contributed by atoms with van der Waals surface area (Å²) >= 11 is 3.36. The third kappa shape index (κ3) is 2.66. The second-order valence-corrected chi connectivity index (χ2v) is 3.91. The van der Waals surface area contributed by atoms with Gasteiger partial charge in [-0.05, 0) is 5.56 Å². The van der Waals surface area contributed by atoms with Crippen LogP contribution in [0, 0.1) is 5.92 Å². The first-order chi connectivity index (χ1) is 6.15. The number of Topliss-reactive ketones (excluding diaryl/α,β-unsaturated/α-hetero) is 1. The molecular formula is C11H13BrO. The van der Waals surface area contributed by atoms with Crippen LogP contribution in [0.1, 0.15) is 29.8 Å². The van der Waals surface area contributed by atoms with Crippen LogP contribution < -0.4 is 0 Å². The molecule has 0 amide bonds. The van der Waals surface area contributed by atoms with Gasteiger partial charge in [0, 0.05) is 16.8 Å². The van der Waals surface area contributed by atoms with Crippen molar-refractivity contribution in [2.45, 2.75) is 19.2 Å². The molecule has 1 aromatic carbocycles. The first kappa shape index (κ1) is 10.5. The number of alkyl halides is 1. The fourth-order valence-electron chi connectivity index (χ4n) is 1.09. The molecule has 0 radical (unpaired) electrons. The van der Waals surface area contributed by atoms with E-state index >= 15 is 0 Å². The van der Waals surface area contributed by atoms with Crippen molar-refractivity contribution >= 4 is 21.7 Å². The minimum absolute atomic E-state index is 0.0785. The first-order valence-electron chi connectivity index (χ1n) is 4.34. The van der Waals surface area contributed by atoms with Crippen molar-refractivity contribution in [1.82, 2.24) is 0 Å². The SMILES string of the molecule is CC(C)C(=O)c1ccc(CBr)cc1. The molecule has 0 bridgehead atoms. The standard InChI is InChI=1S/C11H13BrO/c1-8(2)11(13)10-5-3-9(7-12)4-6-10/h3-6,8H,7H2,1-2H3. The highest BCUT2D eigenvalue weighted by atomic mass is 79.9. The summed E-state index contributed by atoms with van der Waals surface area (Å²) in [6.45, 7) is 3.83. The Kier molecular flexibility index (Phi) is 3.67. The Morgan fingerprint density at radius 3 is 2.23 bits per heavy atom. The summed E-state index contributed by atoms with van der Waals surface area (Å²) in [7, 11) is 0. The molecule has 1 aromatic rings. The van der Waals surface area contributed by atoms with Gasteiger partial charge in [0.2, 0.25) is 0 Å². The van der Waals surface area contributed by atoms with Crippen molar-refractivity contribution < 1.29 is 4.79 Å². The summed E-state index contributed by atoms with van der Waals surface area (Å²) in [5.74, 6) is 0.288. The Hall–Kier alpha value is -0.630. The number of benzene rings is 1. The first-order valence-corrected chi connectivity index (χ1v) is 5.46. The molecule has 0 N–H and O–H groups in total. The van der Waals surface area contributed by atoms with Crippen LogP contribution >= 0.6 is 15.9 Å². The maximum atomic E-state index is 11.5. The number of hydrogen-bond donors (Lipinski definition) is 0. The van der Waals surface area contributed by atoms with Crippen LogP contribution in [0.3, 0.4) is 0 Å². The maximum Gasteiger partial charge on any atom is 0.165 e. The zero-order chi connectivity index (χ0) is 9.84. The number of carbonyl (C=O) groups is 1. The van der Waals surface area contributed by atoms with Gasteiger partial charge in [-0.3, -0.25) is 4.79 Å². The molecule has 0 aliphatic heterocycles. The predicted molar refractivity (Wildman–Crippen MR) is 58.2 cm³/mol. The van der Waals surface area contributed by atoms with Crippen LogP contribution in [-0.2, 0) is 5.33 Å². The number of hydrogen-bond acceptors (Lipinski definition) is 1. The van der Waals surface area contributed by atoms with Gasteiger partial charge in [-0.15, -0.1) is 0 Å². The van der Waals surface area contributed by atoms with Crippen molar-refractivity contribution in [3.8, 4) is 0 Å². The van der Waals surface area contributed by atoms with Gasteiger partial charge in [0.1, 0.15) is 0 Å². The fourth-order valence-corrected chi connectivity index (χ4v) is 1.47. The minimum Gasteiger partial charge on any atom is -0.294 e.